The molecule has 2 fully saturated rings. The first-order valence-corrected chi connectivity index (χ1v) is 8.41. The van der Waals surface area contributed by atoms with E-state index in [1.807, 2.05) is 13.1 Å². The lowest BCUT2D eigenvalue weighted by atomic mass is 9.82. The van der Waals surface area contributed by atoms with E-state index in [2.05, 4.69) is 34.7 Å². The summed E-state index contributed by atoms with van der Waals surface area (Å²) in [7, 11) is 1.87. The number of aromatic amines is 1. The first-order chi connectivity index (χ1) is 11.2. The Balaban J connectivity index is 0.00000169. The van der Waals surface area contributed by atoms with Crippen molar-refractivity contribution >= 4 is 29.4 Å². The predicted molar refractivity (Wildman–Crippen MR) is 96.7 cm³/mol. The molecule has 1 atom stereocenters. The average Bonchev–Trinajstić information content (AvgIpc) is 3.07. The summed E-state index contributed by atoms with van der Waals surface area (Å²) in [6.07, 6.45) is 5.62. The van der Waals surface area contributed by atoms with Gasteiger partial charge in [-0.15, -0.1) is 12.4 Å². The van der Waals surface area contributed by atoms with E-state index < -0.39 is 0 Å². The van der Waals surface area contributed by atoms with Gasteiger partial charge in [0, 0.05) is 37.0 Å². The number of aromatic nitrogens is 1. The number of hydrogen-bond donors (Lipinski definition) is 2. The average molecular weight is 350 g/mol. The molecule has 0 saturated carbocycles. The van der Waals surface area contributed by atoms with Gasteiger partial charge >= 0.3 is 6.09 Å². The van der Waals surface area contributed by atoms with E-state index in [0.29, 0.717) is 0 Å². The molecule has 2 N–H and O–H groups in total. The Labute approximate surface area is 148 Å². The van der Waals surface area contributed by atoms with Gasteiger partial charge in [-0.1, -0.05) is 18.2 Å². The van der Waals surface area contributed by atoms with Crippen LogP contribution in [0.1, 0.15) is 24.8 Å². The molecular weight excluding hydrogens is 326 g/mol. The SMILES string of the molecule is CN1C(=O)OC2(CCNCC2)C1CCc1c[nH]c2ccccc12.Cl. The summed E-state index contributed by atoms with van der Waals surface area (Å²) in [4.78, 5) is 17.2. The minimum Gasteiger partial charge on any atom is -0.440 e. The van der Waals surface area contributed by atoms with Gasteiger partial charge in [-0.3, -0.25) is 0 Å². The van der Waals surface area contributed by atoms with E-state index in [1.54, 1.807) is 4.90 Å². The van der Waals surface area contributed by atoms with Gasteiger partial charge in [0.1, 0.15) is 5.60 Å². The molecule has 1 unspecified atom stereocenters. The summed E-state index contributed by atoms with van der Waals surface area (Å²) in [5.74, 6) is 0. The number of H-pyrrole nitrogens is 1. The van der Waals surface area contributed by atoms with E-state index in [0.717, 1.165) is 38.8 Å². The molecule has 130 valence electrons. The molecule has 2 aromatic rings. The van der Waals surface area contributed by atoms with Gasteiger partial charge in [0.2, 0.25) is 0 Å². The highest BCUT2D eigenvalue weighted by molar-refractivity contribution is 5.85. The number of piperidine rings is 1. The number of carbonyl (C=O) groups is 1. The molecule has 1 aromatic carbocycles. The van der Waals surface area contributed by atoms with Crippen molar-refractivity contribution in [1.82, 2.24) is 15.2 Å². The number of amides is 1. The summed E-state index contributed by atoms with van der Waals surface area (Å²) in [5.41, 5.74) is 2.19. The standard InChI is InChI=1S/C18H23N3O2.ClH/c1-21-16(18(23-17(21)22)8-10-19-11-9-18)7-6-13-12-20-15-5-3-2-4-14(13)15;/h2-5,12,16,19-20H,6-11H2,1H3;1H. The van der Waals surface area contributed by atoms with Crippen LogP contribution >= 0.6 is 12.4 Å². The number of likely N-dealkylation sites (N-methyl/N-ethyl adjacent to an activating group) is 1. The van der Waals surface area contributed by atoms with Crippen LogP contribution in [0, 0.1) is 0 Å². The highest BCUT2D eigenvalue weighted by Gasteiger charge is 2.52. The molecule has 5 nitrogen and oxygen atoms in total. The minimum atomic E-state index is -0.302. The number of hydrogen-bond acceptors (Lipinski definition) is 3. The molecule has 24 heavy (non-hydrogen) atoms. The van der Waals surface area contributed by atoms with Crippen molar-refractivity contribution in [2.24, 2.45) is 0 Å². The third-order valence-corrected chi connectivity index (χ3v) is 5.47. The van der Waals surface area contributed by atoms with Crippen LogP contribution in [-0.4, -0.2) is 47.8 Å². The number of nitrogens with one attached hydrogen (secondary N) is 2. The number of para-hydroxylation sites is 1. The van der Waals surface area contributed by atoms with Crippen LogP contribution in [0.25, 0.3) is 10.9 Å². The lowest BCUT2D eigenvalue weighted by Gasteiger charge is -2.37. The fourth-order valence-corrected chi connectivity index (χ4v) is 4.17. The molecular formula is C18H24ClN3O2. The van der Waals surface area contributed by atoms with Crippen LogP contribution < -0.4 is 5.32 Å². The molecule has 0 aliphatic carbocycles. The fourth-order valence-electron chi connectivity index (χ4n) is 4.17. The minimum absolute atomic E-state index is 0. The summed E-state index contributed by atoms with van der Waals surface area (Å²) in [6.45, 7) is 1.84. The predicted octanol–water partition coefficient (Wildman–Crippen LogP) is 3.10. The van der Waals surface area contributed by atoms with E-state index in [9.17, 15) is 4.79 Å². The third kappa shape index (κ3) is 2.76. The van der Waals surface area contributed by atoms with E-state index in [1.165, 1.54) is 16.5 Å². The van der Waals surface area contributed by atoms with Crippen LogP contribution in [0.3, 0.4) is 0 Å². The van der Waals surface area contributed by atoms with Gasteiger partial charge in [-0.2, -0.15) is 0 Å². The maximum absolute atomic E-state index is 12.1. The smallest absolute Gasteiger partial charge is 0.410 e. The Bertz CT molecular complexity index is 724. The maximum atomic E-state index is 12.1. The van der Waals surface area contributed by atoms with Crippen molar-refractivity contribution < 1.29 is 9.53 Å². The number of rotatable bonds is 3. The quantitative estimate of drug-likeness (QED) is 0.895. The Morgan fingerprint density at radius 3 is 2.83 bits per heavy atom. The molecule has 6 heteroatoms. The first-order valence-electron chi connectivity index (χ1n) is 8.41. The second-order valence-corrected chi connectivity index (χ2v) is 6.71. The molecule has 2 aliphatic heterocycles. The normalized spacial score (nSPS) is 22.6. The van der Waals surface area contributed by atoms with Gasteiger partial charge in [-0.05, 0) is 37.6 Å². The molecule has 1 aromatic heterocycles. The fraction of sp³-hybridized carbons (Fsp3) is 0.500. The van der Waals surface area contributed by atoms with Crippen molar-refractivity contribution in [3.8, 4) is 0 Å². The van der Waals surface area contributed by atoms with Gasteiger partial charge in [-0.25, -0.2) is 4.79 Å². The molecule has 0 bridgehead atoms. The molecule has 3 heterocycles. The Morgan fingerprint density at radius 1 is 1.29 bits per heavy atom. The number of fused-ring (bicyclic) bond motifs is 1. The molecule has 4 rings (SSSR count). The van der Waals surface area contributed by atoms with E-state index in [4.69, 9.17) is 4.74 Å². The number of carbonyl (C=O) groups excluding carboxylic acids is 1. The van der Waals surface area contributed by atoms with Gasteiger partial charge < -0.3 is 19.9 Å². The van der Waals surface area contributed by atoms with Crippen LogP contribution in [0.15, 0.2) is 30.5 Å². The van der Waals surface area contributed by atoms with Crippen molar-refractivity contribution in [2.45, 2.75) is 37.3 Å². The van der Waals surface area contributed by atoms with Crippen molar-refractivity contribution in [2.75, 3.05) is 20.1 Å². The van der Waals surface area contributed by atoms with Gasteiger partial charge in [0.25, 0.3) is 0 Å². The largest absolute Gasteiger partial charge is 0.440 e. The Kier molecular flexibility index (Phi) is 4.74. The second kappa shape index (κ2) is 6.65. The number of aryl methyl sites for hydroxylation is 1. The third-order valence-electron chi connectivity index (χ3n) is 5.47. The van der Waals surface area contributed by atoms with Crippen LogP contribution in [0.2, 0.25) is 0 Å². The number of ether oxygens (including phenoxy) is 1. The van der Waals surface area contributed by atoms with Crippen LogP contribution in [0.4, 0.5) is 4.79 Å². The van der Waals surface area contributed by atoms with E-state index in [-0.39, 0.29) is 30.1 Å². The lowest BCUT2D eigenvalue weighted by Crippen LogP contribution is -2.51. The van der Waals surface area contributed by atoms with Crippen LogP contribution in [0.5, 0.6) is 0 Å². The van der Waals surface area contributed by atoms with Gasteiger partial charge in [0.05, 0.1) is 6.04 Å². The zero-order valence-electron chi connectivity index (χ0n) is 13.9. The van der Waals surface area contributed by atoms with Crippen molar-refractivity contribution in [1.29, 1.82) is 0 Å². The van der Waals surface area contributed by atoms with Crippen molar-refractivity contribution in [3.63, 3.8) is 0 Å². The Hall–Kier alpha value is -1.72. The first kappa shape index (κ1) is 17.1. The molecule has 1 spiro atoms. The summed E-state index contributed by atoms with van der Waals surface area (Å²) in [5, 5.41) is 4.64. The lowest BCUT2D eigenvalue weighted by molar-refractivity contribution is 0.00609. The number of benzene rings is 1. The van der Waals surface area contributed by atoms with E-state index >= 15 is 0 Å². The highest BCUT2D eigenvalue weighted by Crippen LogP contribution is 2.38. The molecule has 0 radical (unpaired) electrons. The zero-order chi connectivity index (χ0) is 15.9. The highest BCUT2D eigenvalue weighted by atomic mass is 35.5. The topological polar surface area (TPSA) is 57.4 Å². The monoisotopic (exact) mass is 349 g/mol. The maximum Gasteiger partial charge on any atom is 0.410 e. The Morgan fingerprint density at radius 2 is 2.04 bits per heavy atom. The molecule has 1 amide bonds. The molecule has 2 saturated heterocycles. The van der Waals surface area contributed by atoms with Gasteiger partial charge in [0.15, 0.2) is 0 Å². The zero-order valence-corrected chi connectivity index (χ0v) is 14.7. The molecule has 2 aliphatic rings. The second-order valence-electron chi connectivity index (χ2n) is 6.71. The van der Waals surface area contributed by atoms with Crippen molar-refractivity contribution in [3.05, 3.63) is 36.0 Å². The summed E-state index contributed by atoms with van der Waals surface area (Å²) >= 11 is 0. The number of halogens is 1. The number of nitrogens with zero attached hydrogens (tertiary/aromatic N) is 1. The van der Waals surface area contributed by atoms with Crippen LogP contribution in [-0.2, 0) is 11.2 Å². The summed E-state index contributed by atoms with van der Waals surface area (Å²) < 4.78 is 5.81. The summed E-state index contributed by atoms with van der Waals surface area (Å²) in [6, 6.07) is 8.53.